The standard InChI is InChI=1S/C11H15N3O5S/c15-6-5-11(3-4-11)8-13-20(18,19)9-1-2-10(12-7-9)14(16)17/h1-2,7,13,15H,3-6,8H2. The van der Waals surface area contributed by atoms with Crippen molar-refractivity contribution < 1.29 is 18.4 Å². The lowest BCUT2D eigenvalue weighted by Crippen LogP contribution is -2.30. The fraction of sp³-hybridized carbons (Fsp3) is 0.545. The van der Waals surface area contributed by atoms with Gasteiger partial charge in [0.1, 0.15) is 4.90 Å². The molecular formula is C11H15N3O5S. The predicted octanol–water partition coefficient (Wildman–Crippen LogP) is 0.431. The van der Waals surface area contributed by atoms with E-state index in [2.05, 4.69) is 9.71 Å². The molecule has 0 aliphatic heterocycles. The van der Waals surface area contributed by atoms with Gasteiger partial charge in [-0.3, -0.25) is 0 Å². The molecule has 1 aromatic heterocycles. The third-order valence-corrected chi connectivity index (χ3v) is 4.84. The van der Waals surface area contributed by atoms with E-state index in [1.807, 2.05) is 0 Å². The molecule has 1 aliphatic rings. The highest BCUT2D eigenvalue weighted by Gasteiger charge is 2.42. The van der Waals surface area contributed by atoms with Crippen molar-refractivity contribution in [3.05, 3.63) is 28.4 Å². The summed E-state index contributed by atoms with van der Waals surface area (Å²) in [7, 11) is -3.73. The average Bonchev–Trinajstić information content (AvgIpc) is 3.18. The molecule has 1 aliphatic carbocycles. The summed E-state index contributed by atoms with van der Waals surface area (Å²) in [6.45, 7) is 0.285. The summed E-state index contributed by atoms with van der Waals surface area (Å²) in [5.41, 5.74) is -0.143. The van der Waals surface area contributed by atoms with Crippen LogP contribution in [0.5, 0.6) is 0 Å². The molecule has 0 unspecified atom stereocenters. The Kier molecular flexibility index (Phi) is 4.02. The minimum absolute atomic E-state index is 0.0286. The smallest absolute Gasteiger partial charge is 0.363 e. The number of hydrogen-bond acceptors (Lipinski definition) is 6. The second-order valence-corrected chi connectivity index (χ2v) is 6.67. The van der Waals surface area contributed by atoms with Gasteiger partial charge in [0.2, 0.25) is 10.0 Å². The molecule has 0 amide bonds. The molecule has 0 saturated heterocycles. The molecule has 0 bridgehead atoms. The monoisotopic (exact) mass is 301 g/mol. The quantitative estimate of drug-likeness (QED) is 0.556. The predicted molar refractivity (Wildman–Crippen MR) is 69.4 cm³/mol. The molecule has 20 heavy (non-hydrogen) atoms. The van der Waals surface area contributed by atoms with Crippen molar-refractivity contribution in [1.29, 1.82) is 0 Å². The van der Waals surface area contributed by atoms with Gasteiger partial charge in [0.05, 0.1) is 0 Å². The van der Waals surface area contributed by atoms with E-state index in [1.165, 1.54) is 0 Å². The molecule has 0 spiro atoms. The molecule has 1 fully saturated rings. The lowest BCUT2D eigenvalue weighted by atomic mass is 10.0. The van der Waals surface area contributed by atoms with Crippen LogP contribution in [0.2, 0.25) is 0 Å². The minimum Gasteiger partial charge on any atom is -0.396 e. The molecule has 0 atom stereocenters. The highest BCUT2D eigenvalue weighted by molar-refractivity contribution is 7.89. The van der Waals surface area contributed by atoms with E-state index >= 15 is 0 Å². The Labute approximate surface area is 116 Å². The molecule has 8 nitrogen and oxygen atoms in total. The van der Waals surface area contributed by atoms with Crippen LogP contribution in [0.3, 0.4) is 0 Å². The third kappa shape index (κ3) is 3.30. The summed E-state index contributed by atoms with van der Waals surface area (Å²) in [5, 5.41) is 19.4. The fourth-order valence-corrected chi connectivity index (χ4v) is 3.00. The molecule has 1 aromatic rings. The zero-order valence-corrected chi connectivity index (χ0v) is 11.5. The van der Waals surface area contributed by atoms with Gasteiger partial charge in [0.15, 0.2) is 6.20 Å². The number of aliphatic hydroxyl groups is 1. The summed E-state index contributed by atoms with van der Waals surface area (Å²) in [6, 6.07) is 2.20. The van der Waals surface area contributed by atoms with E-state index in [0.29, 0.717) is 6.42 Å². The van der Waals surface area contributed by atoms with Crippen molar-refractivity contribution in [1.82, 2.24) is 9.71 Å². The summed E-state index contributed by atoms with van der Waals surface area (Å²) >= 11 is 0. The normalized spacial score (nSPS) is 16.9. The molecule has 110 valence electrons. The number of nitrogens with one attached hydrogen (secondary N) is 1. The van der Waals surface area contributed by atoms with E-state index in [-0.39, 0.29) is 23.5 Å². The maximum Gasteiger partial charge on any atom is 0.363 e. The Bertz CT molecular complexity index is 595. The summed E-state index contributed by atoms with van der Waals surface area (Å²) in [6.07, 6.45) is 3.29. The van der Waals surface area contributed by atoms with E-state index in [4.69, 9.17) is 5.11 Å². The number of hydrogen-bond donors (Lipinski definition) is 2. The zero-order chi connectivity index (χ0) is 14.8. The maximum atomic E-state index is 12.0. The molecule has 2 rings (SSSR count). The van der Waals surface area contributed by atoms with Gasteiger partial charge in [-0.05, 0) is 40.7 Å². The first kappa shape index (κ1) is 14.8. The Hall–Kier alpha value is -1.58. The Morgan fingerprint density at radius 3 is 2.60 bits per heavy atom. The second-order valence-electron chi connectivity index (χ2n) is 4.91. The lowest BCUT2D eigenvalue weighted by molar-refractivity contribution is -0.389. The highest BCUT2D eigenvalue weighted by atomic mass is 32.2. The largest absolute Gasteiger partial charge is 0.396 e. The second kappa shape index (κ2) is 5.43. The lowest BCUT2D eigenvalue weighted by Gasteiger charge is -2.14. The number of aromatic nitrogens is 1. The number of pyridine rings is 1. The molecule has 1 heterocycles. The number of nitro groups is 1. The van der Waals surface area contributed by atoms with Gasteiger partial charge in [0.25, 0.3) is 0 Å². The van der Waals surface area contributed by atoms with Crippen molar-refractivity contribution in [2.24, 2.45) is 5.41 Å². The van der Waals surface area contributed by atoms with E-state index in [0.717, 1.165) is 31.2 Å². The molecular weight excluding hydrogens is 286 g/mol. The Morgan fingerprint density at radius 2 is 2.15 bits per heavy atom. The van der Waals surface area contributed by atoms with Crippen LogP contribution in [0.25, 0.3) is 0 Å². The number of aliphatic hydroxyl groups excluding tert-OH is 1. The Balaban J connectivity index is 2.05. The summed E-state index contributed by atoms with van der Waals surface area (Å²) < 4.78 is 26.5. The van der Waals surface area contributed by atoms with Crippen LogP contribution in [0.15, 0.2) is 23.2 Å². The molecule has 2 N–H and O–H groups in total. The van der Waals surface area contributed by atoms with Gasteiger partial charge in [-0.2, -0.15) is 0 Å². The van der Waals surface area contributed by atoms with Crippen LogP contribution in [0.4, 0.5) is 5.82 Å². The van der Waals surface area contributed by atoms with Gasteiger partial charge in [0, 0.05) is 19.2 Å². The van der Waals surface area contributed by atoms with E-state index < -0.39 is 20.8 Å². The first-order valence-electron chi connectivity index (χ1n) is 6.10. The SMILES string of the molecule is O=[N+]([O-])c1ccc(S(=O)(=O)NCC2(CCO)CC2)cn1. The minimum atomic E-state index is -3.73. The van der Waals surface area contributed by atoms with Crippen molar-refractivity contribution in [3.8, 4) is 0 Å². The zero-order valence-electron chi connectivity index (χ0n) is 10.7. The van der Waals surface area contributed by atoms with E-state index in [1.54, 1.807) is 0 Å². The van der Waals surface area contributed by atoms with Crippen molar-refractivity contribution in [2.75, 3.05) is 13.2 Å². The summed E-state index contributed by atoms with van der Waals surface area (Å²) in [5.74, 6) is -0.400. The fourth-order valence-electron chi connectivity index (χ4n) is 1.90. The van der Waals surface area contributed by atoms with Gasteiger partial charge in [-0.25, -0.2) is 13.1 Å². The van der Waals surface area contributed by atoms with Crippen molar-refractivity contribution in [2.45, 2.75) is 24.2 Å². The van der Waals surface area contributed by atoms with Crippen LogP contribution in [0, 0.1) is 15.5 Å². The Morgan fingerprint density at radius 1 is 1.45 bits per heavy atom. The van der Waals surface area contributed by atoms with Crippen LogP contribution in [-0.4, -0.2) is 36.6 Å². The number of nitrogens with zero attached hydrogens (tertiary/aromatic N) is 2. The molecule has 0 aromatic carbocycles. The van der Waals surface area contributed by atoms with E-state index in [9.17, 15) is 18.5 Å². The molecule has 1 saturated carbocycles. The number of sulfonamides is 1. The van der Waals surface area contributed by atoms with Gasteiger partial charge < -0.3 is 15.2 Å². The highest BCUT2D eigenvalue weighted by Crippen LogP contribution is 2.48. The van der Waals surface area contributed by atoms with Crippen molar-refractivity contribution >= 4 is 15.8 Å². The van der Waals surface area contributed by atoms with Gasteiger partial charge in [-0.15, -0.1) is 0 Å². The number of rotatable bonds is 7. The average molecular weight is 301 g/mol. The van der Waals surface area contributed by atoms with Gasteiger partial charge >= 0.3 is 5.82 Å². The third-order valence-electron chi connectivity index (χ3n) is 3.45. The van der Waals surface area contributed by atoms with Crippen molar-refractivity contribution in [3.63, 3.8) is 0 Å². The first-order chi connectivity index (χ1) is 9.38. The molecule has 0 radical (unpaired) electrons. The first-order valence-corrected chi connectivity index (χ1v) is 7.58. The van der Waals surface area contributed by atoms with Gasteiger partial charge in [-0.1, -0.05) is 0 Å². The van der Waals surface area contributed by atoms with Crippen LogP contribution >= 0.6 is 0 Å². The van der Waals surface area contributed by atoms with Crippen LogP contribution in [0.1, 0.15) is 19.3 Å². The van der Waals surface area contributed by atoms with Crippen LogP contribution in [-0.2, 0) is 10.0 Å². The van der Waals surface area contributed by atoms with Crippen LogP contribution < -0.4 is 4.72 Å². The molecule has 9 heteroatoms. The maximum absolute atomic E-state index is 12.0. The topological polar surface area (TPSA) is 122 Å². The summed E-state index contributed by atoms with van der Waals surface area (Å²) in [4.78, 5) is 13.1.